The van der Waals surface area contributed by atoms with Crippen LogP contribution in [-0.2, 0) is 16.1 Å². The average molecular weight is 506 g/mol. The molecule has 2 aromatic carbocycles. The molecule has 0 spiro atoms. The predicted octanol–water partition coefficient (Wildman–Crippen LogP) is 4.43. The number of piperidine rings is 1. The lowest BCUT2D eigenvalue weighted by molar-refractivity contribution is -0.136. The summed E-state index contributed by atoms with van der Waals surface area (Å²) in [6, 6.07) is 17.0. The van der Waals surface area contributed by atoms with Gasteiger partial charge in [0.25, 0.3) is 0 Å². The Balaban J connectivity index is 1.36. The van der Waals surface area contributed by atoms with Crippen LogP contribution in [0.15, 0.2) is 48.5 Å². The first kappa shape index (κ1) is 27.0. The fourth-order valence-corrected chi connectivity index (χ4v) is 5.19. The largest absolute Gasteiger partial charge is 0.372 e. The van der Waals surface area contributed by atoms with E-state index in [4.69, 9.17) is 0 Å². The van der Waals surface area contributed by atoms with Gasteiger partial charge in [-0.25, -0.2) is 0 Å². The molecule has 2 fully saturated rings. The van der Waals surface area contributed by atoms with Crippen LogP contribution >= 0.6 is 0 Å². The molecule has 2 aromatic rings. The molecule has 37 heavy (non-hydrogen) atoms. The lowest BCUT2D eigenvalue weighted by atomic mass is 9.99. The van der Waals surface area contributed by atoms with Crippen molar-refractivity contribution >= 4 is 28.9 Å². The van der Waals surface area contributed by atoms with Crippen molar-refractivity contribution in [1.82, 2.24) is 14.7 Å². The van der Waals surface area contributed by atoms with Crippen molar-refractivity contribution in [3.05, 3.63) is 54.1 Å². The molecule has 7 nitrogen and oxygen atoms in total. The van der Waals surface area contributed by atoms with Gasteiger partial charge in [0, 0.05) is 69.3 Å². The minimum atomic E-state index is -0.244. The number of benzene rings is 2. The van der Waals surface area contributed by atoms with Gasteiger partial charge in [0.05, 0.1) is 5.92 Å². The van der Waals surface area contributed by atoms with Gasteiger partial charge in [-0.3, -0.25) is 9.59 Å². The van der Waals surface area contributed by atoms with Gasteiger partial charge >= 0.3 is 0 Å². The first-order valence-corrected chi connectivity index (χ1v) is 13.7. The van der Waals surface area contributed by atoms with Crippen molar-refractivity contribution in [1.29, 1.82) is 0 Å². The van der Waals surface area contributed by atoms with Gasteiger partial charge < -0.3 is 24.9 Å². The Hall–Kier alpha value is -3.06. The number of carbonyl (C=O) groups is 2. The lowest BCUT2D eigenvalue weighted by Gasteiger charge is -2.32. The van der Waals surface area contributed by atoms with Crippen molar-refractivity contribution in [2.45, 2.75) is 39.7 Å². The summed E-state index contributed by atoms with van der Waals surface area (Å²) in [6.45, 7) is 9.75. The van der Waals surface area contributed by atoms with Gasteiger partial charge in [0.2, 0.25) is 11.8 Å². The SMILES string of the molecule is CCN1CC(C(=O)N(CCN(C)C)Cc2ccc(Nc3ccc(N4CCC(C)CC4)cc3)cc2)CC1=O. The summed E-state index contributed by atoms with van der Waals surface area (Å²) in [6.07, 6.45) is 2.85. The van der Waals surface area contributed by atoms with Crippen molar-refractivity contribution < 1.29 is 9.59 Å². The number of hydrogen-bond donors (Lipinski definition) is 1. The molecule has 0 aliphatic carbocycles. The number of likely N-dealkylation sites (tertiary alicyclic amines) is 1. The van der Waals surface area contributed by atoms with Crippen molar-refractivity contribution in [2.24, 2.45) is 11.8 Å². The number of nitrogens with one attached hydrogen (secondary N) is 1. The molecular formula is C30H43N5O2. The fourth-order valence-electron chi connectivity index (χ4n) is 5.19. The van der Waals surface area contributed by atoms with Gasteiger partial charge in [0.1, 0.15) is 0 Å². The van der Waals surface area contributed by atoms with Crippen LogP contribution < -0.4 is 10.2 Å². The maximum Gasteiger partial charge on any atom is 0.228 e. The maximum absolute atomic E-state index is 13.3. The summed E-state index contributed by atoms with van der Waals surface area (Å²) in [4.78, 5) is 33.8. The smallest absolute Gasteiger partial charge is 0.228 e. The van der Waals surface area contributed by atoms with Crippen LogP contribution in [0.1, 0.15) is 38.7 Å². The van der Waals surface area contributed by atoms with Crippen LogP contribution in [0.25, 0.3) is 0 Å². The molecule has 200 valence electrons. The summed E-state index contributed by atoms with van der Waals surface area (Å²) in [5, 5.41) is 3.50. The van der Waals surface area contributed by atoms with Crippen molar-refractivity contribution in [3.8, 4) is 0 Å². The van der Waals surface area contributed by atoms with E-state index in [-0.39, 0.29) is 17.7 Å². The minimum Gasteiger partial charge on any atom is -0.372 e. The number of anilines is 3. The van der Waals surface area contributed by atoms with E-state index < -0.39 is 0 Å². The molecule has 2 heterocycles. The minimum absolute atomic E-state index is 0.0802. The third kappa shape index (κ3) is 7.25. The van der Waals surface area contributed by atoms with Crippen LogP contribution in [0, 0.1) is 11.8 Å². The Bertz CT molecular complexity index is 1030. The standard InChI is InChI=1S/C30H43N5O2/c1-5-33-22-25(20-29(33)36)30(37)35(19-18-32(3)4)21-24-6-8-26(9-7-24)31-27-10-12-28(13-11-27)34-16-14-23(2)15-17-34/h6-13,23,25,31H,5,14-22H2,1-4H3. The second-order valence-corrected chi connectivity index (χ2v) is 10.9. The van der Waals surface area contributed by atoms with Gasteiger partial charge in [-0.05, 0) is 81.7 Å². The van der Waals surface area contributed by atoms with Crippen LogP contribution in [0.5, 0.6) is 0 Å². The van der Waals surface area contributed by atoms with E-state index in [2.05, 4.69) is 70.6 Å². The third-order valence-electron chi connectivity index (χ3n) is 7.71. The number of rotatable bonds is 10. The number of likely N-dealkylation sites (N-methyl/N-ethyl adjacent to an activating group) is 1. The first-order chi connectivity index (χ1) is 17.8. The molecule has 0 aromatic heterocycles. The second kappa shape index (κ2) is 12.5. The average Bonchev–Trinajstić information content (AvgIpc) is 3.28. The highest BCUT2D eigenvalue weighted by Gasteiger charge is 2.35. The molecule has 7 heteroatoms. The normalized spacial score (nSPS) is 18.5. The summed E-state index contributed by atoms with van der Waals surface area (Å²) >= 11 is 0. The van der Waals surface area contributed by atoms with E-state index in [1.807, 2.05) is 25.9 Å². The van der Waals surface area contributed by atoms with Crippen LogP contribution in [0.3, 0.4) is 0 Å². The molecule has 2 aliphatic rings. The predicted molar refractivity (Wildman–Crippen MR) is 151 cm³/mol. The van der Waals surface area contributed by atoms with Crippen LogP contribution in [-0.4, -0.2) is 79.9 Å². The summed E-state index contributed by atoms with van der Waals surface area (Å²) < 4.78 is 0. The molecule has 0 radical (unpaired) electrons. The van der Waals surface area contributed by atoms with E-state index in [1.165, 1.54) is 18.5 Å². The second-order valence-electron chi connectivity index (χ2n) is 10.9. The molecular weight excluding hydrogens is 462 g/mol. The van der Waals surface area contributed by atoms with E-state index in [0.29, 0.717) is 32.6 Å². The van der Waals surface area contributed by atoms with E-state index >= 15 is 0 Å². The number of carbonyl (C=O) groups excluding carboxylic acids is 2. The number of hydrogen-bond acceptors (Lipinski definition) is 5. The Morgan fingerprint density at radius 1 is 0.973 bits per heavy atom. The molecule has 2 amide bonds. The van der Waals surface area contributed by atoms with Gasteiger partial charge in [-0.2, -0.15) is 0 Å². The zero-order valence-electron chi connectivity index (χ0n) is 22.9. The molecule has 2 aliphatic heterocycles. The molecule has 1 N–H and O–H groups in total. The Morgan fingerprint density at radius 3 is 2.16 bits per heavy atom. The van der Waals surface area contributed by atoms with E-state index in [1.54, 1.807) is 4.90 Å². The third-order valence-corrected chi connectivity index (χ3v) is 7.71. The summed E-state index contributed by atoms with van der Waals surface area (Å²) in [7, 11) is 4.03. The van der Waals surface area contributed by atoms with Crippen molar-refractivity contribution in [3.63, 3.8) is 0 Å². The highest BCUT2D eigenvalue weighted by Crippen LogP contribution is 2.26. The fraction of sp³-hybridized carbons (Fsp3) is 0.533. The summed E-state index contributed by atoms with van der Waals surface area (Å²) in [5.41, 5.74) is 4.47. The zero-order valence-corrected chi connectivity index (χ0v) is 22.9. The molecule has 1 atom stereocenters. The van der Waals surface area contributed by atoms with Gasteiger partial charge in [-0.15, -0.1) is 0 Å². The molecule has 2 saturated heterocycles. The Morgan fingerprint density at radius 2 is 1.59 bits per heavy atom. The van der Waals surface area contributed by atoms with E-state index in [0.717, 1.165) is 42.5 Å². The molecule has 1 unspecified atom stereocenters. The monoisotopic (exact) mass is 505 g/mol. The topological polar surface area (TPSA) is 59.1 Å². The lowest BCUT2D eigenvalue weighted by Crippen LogP contribution is -2.40. The maximum atomic E-state index is 13.3. The Kier molecular flexibility index (Phi) is 9.09. The van der Waals surface area contributed by atoms with Gasteiger partial charge in [-0.1, -0.05) is 19.1 Å². The first-order valence-electron chi connectivity index (χ1n) is 13.7. The summed E-state index contributed by atoms with van der Waals surface area (Å²) in [5.74, 6) is 0.752. The highest BCUT2D eigenvalue weighted by molar-refractivity contribution is 5.89. The molecule has 4 rings (SSSR count). The van der Waals surface area contributed by atoms with E-state index in [9.17, 15) is 9.59 Å². The van der Waals surface area contributed by atoms with Crippen molar-refractivity contribution in [2.75, 3.05) is 63.6 Å². The molecule has 0 saturated carbocycles. The van der Waals surface area contributed by atoms with Crippen LogP contribution in [0.4, 0.5) is 17.1 Å². The van der Waals surface area contributed by atoms with Crippen LogP contribution in [0.2, 0.25) is 0 Å². The number of nitrogens with zero attached hydrogens (tertiary/aromatic N) is 4. The quantitative estimate of drug-likeness (QED) is 0.518. The number of amides is 2. The highest BCUT2D eigenvalue weighted by atomic mass is 16.2. The Labute approximate surface area is 222 Å². The van der Waals surface area contributed by atoms with Gasteiger partial charge in [0.15, 0.2) is 0 Å². The molecule has 0 bridgehead atoms. The zero-order chi connectivity index (χ0) is 26.4.